The van der Waals surface area contributed by atoms with Gasteiger partial charge in [-0.15, -0.1) is 0 Å². The molecule has 7 heteroatoms. The van der Waals surface area contributed by atoms with Crippen LogP contribution in [0.1, 0.15) is 17.5 Å². The SMILES string of the molecule is Cc1cccc(CNC(=O)NC(CC(=O)O)C(=O)O)c1. The van der Waals surface area contributed by atoms with E-state index in [-0.39, 0.29) is 6.54 Å². The molecule has 0 fully saturated rings. The van der Waals surface area contributed by atoms with Gasteiger partial charge in [0.05, 0.1) is 6.42 Å². The van der Waals surface area contributed by atoms with Crippen molar-refractivity contribution in [2.75, 3.05) is 0 Å². The maximum Gasteiger partial charge on any atom is 0.326 e. The lowest BCUT2D eigenvalue weighted by Crippen LogP contribution is -2.46. The second-order valence-corrected chi connectivity index (χ2v) is 4.30. The Labute approximate surface area is 115 Å². The first-order chi connectivity index (χ1) is 9.38. The largest absolute Gasteiger partial charge is 0.481 e. The van der Waals surface area contributed by atoms with Gasteiger partial charge in [0.25, 0.3) is 0 Å². The Balaban J connectivity index is 2.49. The van der Waals surface area contributed by atoms with E-state index in [0.29, 0.717) is 0 Å². The Morgan fingerprint density at radius 2 is 1.95 bits per heavy atom. The van der Waals surface area contributed by atoms with Crippen LogP contribution in [0.5, 0.6) is 0 Å². The molecule has 1 rings (SSSR count). The van der Waals surface area contributed by atoms with Gasteiger partial charge in [0.1, 0.15) is 6.04 Å². The molecular weight excluding hydrogens is 264 g/mol. The van der Waals surface area contributed by atoms with E-state index >= 15 is 0 Å². The number of amides is 2. The third-order valence-electron chi connectivity index (χ3n) is 2.52. The minimum absolute atomic E-state index is 0.229. The highest BCUT2D eigenvalue weighted by Crippen LogP contribution is 2.03. The van der Waals surface area contributed by atoms with Crippen molar-refractivity contribution in [3.05, 3.63) is 35.4 Å². The van der Waals surface area contributed by atoms with Gasteiger partial charge in [-0.25, -0.2) is 9.59 Å². The molecule has 0 aliphatic heterocycles. The van der Waals surface area contributed by atoms with Crippen molar-refractivity contribution in [3.8, 4) is 0 Å². The molecule has 7 nitrogen and oxygen atoms in total. The molecular formula is C13H16N2O5. The van der Waals surface area contributed by atoms with Crippen molar-refractivity contribution in [2.24, 2.45) is 0 Å². The van der Waals surface area contributed by atoms with Crippen LogP contribution in [0.25, 0.3) is 0 Å². The normalized spacial score (nSPS) is 11.4. The number of aliphatic carboxylic acids is 2. The summed E-state index contributed by atoms with van der Waals surface area (Å²) in [4.78, 5) is 32.8. The van der Waals surface area contributed by atoms with E-state index in [1.807, 2.05) is 31.2 Å². The Hall–Kier alpha value is -2.57. The molecule has 0 saturated heterocycles. The lowest BCUT2D eigenvalue weighted by molar-refractivity contribution is -0.145. The second-order valence-electron chi connectivity index (χ2n) is 4.30. The van der Waals surface area contributed by atoms with Crippen LogP contribution in [0, 0.1) is 6.92 Å². The summed E-state index contributed by atoms with van der Waals surface area (Å²) in [5.74, 6) is -2.69. The molecule has 108 valence electrons. The first-order valence-electron chi connectivity index (χ1n) is 5.93. The number of carbonyl (C=O) groups excluding carboxylic acids is 1. The summed E-state index contributed by atoms with van der Waals surface area (Å²) in [5, 5.41) is 21.9. The highest BCUT2D eigenvalue weighted by molar-refractivity contribution is 5.86. The van der Waals surface area contributed by atoms with Gasteiger partial charge in [0.15, 0.2) is 0 Å². The first-order valence-corrected chi connectivity index (χ1v) is 5.93. The third kappa shape index (κ3) is 5.38. The number of carboxylic acid groups (broad SMARTS) is 2. The molecule has 0 spiro atoms. The Bertz CT molecular complexity index is 515. The summed E-state index contributed by atoms with van der Waals surface area (Å²) in [6, 6.07) is 5.28. The molecule has 1 aromatic carbocycles. The molecule has 0 aromatic heterocycles. The average molecular weight is 280 g/mol. The average Bonchev–Trinajstić information content (AvgIpc) is 2.35. The lowest BCUT2D eigenvalue weighted by Gasteiger charge is -2.13. The first kappa shape index (κ1) is 15.5. The zero-order valence-corrected chi connectivity index (χ0v) is 10.9. The topological polar surface area (TPSA) is 116 Å². The van der Waals surface area contributed by atoms with Gasteiger partial charge < -0.3 is 20.8 Å². The monoisotopic (exact) mass is 280 g/mol. The summed E-state index contributed by atoms with van der Waals surface area (Å²) in [6.45, 7) is 2.14. The second kappa shape index (κ2) is 7.13. The van der Waals surface area contributed by atoms with Gasteiger partial charge in [-0.2, -0.15) is 0 Å². The fourth-order valence-corrected chi connectivity index (χ4v) is 1.59. The summed E-state index contributed by atoms with van der Waals surface area (Å²) in [6.07, 6.45) is -0.673. The molecule has 1 aromatic rings. The van der Waals surface area contributed by atoms with Gasteiger partial charge in [-0.05, 0) is 12.5 Å². The maximum absolute atomic E-state index is 11.5. The molecule has 1 unspecified atom stereocenters. The molecule has 0 bridgehead atoms. The molecule has 0 radical (unpaired) electrons. The van der Waals surface area contributed by atoms with Crippen LogP contribution in [0.2, 0.25) is 0 Å². The molecule has 0 aliphatic carbocycles. The number of nitrogens with one attached hydrogen (secondary N) is 2. The van der Waals surface area contributed by atoms with Crippen molar-refractivity contribution in [3.63, 3.8) is 0 Å². The van der Waals surface area contributed by atoms with Crippen molar-refractivity contribution in [1.82, 2.24) is 10.6 Å². The molecule has 2 amide bonds. The number of hydrogen-bond acceptors (Lipinski definition) is 3. The van der Waals surface area contributed by atoms with Crippen molar-refractivity contribution >= 4 is 18.0 Å². The minimum Gasteiger partial charge on any atom is -0.481 e. The predicted molar refractivity (Wildman–Crippen MR) is 70.2 cm³/mol. The fraction of sp³-hybridized carbons (Fsp3) is 0.308. The smallest absolute Gasteiger partial charge is 0.326 e. The third-order valence-corrected chi connectivity index (χ3v) is 2.52. The number of carbonyl (C=O) groups is 3. The van der Waals surface area contributed by atoms with Crippen molar-refractivity contribution in [2.45, 2.75) is 25.9 Å². The number of hydrogen-bond donors (Lipinski definition) is 4. The maximum atomic E-state index is 11.5. The number of rotatable bonds is 6. The van der Waals surface area contributed by atoms with Gasteiger partial charge >= 0.3 is 18.0 Å². The lowest BCUT2D eigenvalue weighted by atomic mass is 10.1. The van der Waals surface area contributed by atoms with E-state index in [9.17, 15) is 14.4 Å². The molecule has 20 heavy (non-hydrogen) atoms. The van der Waals surface area contributed by atoms with Gasteiger partial charge in [-0.1, -0.05) is 29.8 Å². The molecule has 1 atom stereocenters. The van der Waals surface area contributed by atoms with E-state index in [0.717, 1.165) is 11.1 Å². The van der Waals surface area contributed by atoms with E-state index in [2.05, 4.69) is 10.6 Å². The van der Waals surface area contributed by atoms with Crippen LogP contribution in [0.15, 0.2) is 24.3 Å². The standard InChI is InChI=1S/C13H16N2O5/c1-8-3-2-4-9(5-8)7-14-13(20)15-10(12(18)19)6-11(16)17/h2-5,10H,6-7H2,1H3,(H,16,17)(H,18,19)(H2,14,15,20). The number of urea groups is 1. The van der Waals surface area contributed by atoms with Gasteiger partial charge in [0, 0.05) is 6.54 Å². The summed E-state index contributed by atoms with van der Waals surface area (Å²) in [5.41, 5.74) is 1.91. The van der Waals surface area contributed by atoms with E-state index in [1.54, 1.807) is 0 Å². The summed E-state index contributed by atoms with van der Waals surface area (Å²) in [7, 11) is 0. The van der Waals surface area contributed by atoms with E-state index in [1.165, 1.54) is 0 Å². The zero-order chi connectivity index (χ0) is 15.1. The minimum atomic E-state index is -1.45. The quantitative estimate of drug-likeness (QED) is 0.613. The highest BCUT2D eigenvalue weighted by atomic mass is 16.4. The molecule has 0 saturated carbocycles. The van der Waals surface area contributed by atoms with Crippen molar-refractivity contribution < 1.29 is 24.6 Å². The summed E-state index contributed by atoms with van der Waals surface area (Å²) >= 11 is 0. The highest BCUT2D eigenvalue weighted by Gasteiger charge is 2.22. The van der Waals surface area contributed by atoms with Crippen molar-refractivity contribution in [1.29, 1.82) is 0 Å². The molecule has 4 N–H and O–H groups in total. The predicted octanol–water partition coefficient (Wildman–Crippen LogP) is 0.722. The van der Waals surface area contributed by atoms with Gasteiger partial charge in [-0.3, -0.25) is 4.79 Å². The molecule has 0 aliphatic rings. The number of benzene rings is 1. The number of carboxylic acids is 2. The van der Waals surface area contributed by atoms with Crippen LogP contribution in [0.4, 0.5) is 4.79 Å². The summed E-state index contributed by atoms with van der Waals surface area (Å²) < 4.78 is 0. The zero-order valence-electron chi connectivity index (χ0n) is 10.9. The van der Waals surface area contributed by atoms with Crippen LogP contribution >= 0.6 is 0 Å². The number of aryl methyl sites for hydroxylation is 1. The Morgan fingerprint density at radius 3 is 2.50 bits per heavy atom. The Morgan fingerprint density at radius 1 is 1.25 bits per heavy atom. The fourth-order valence-electron chi connectivity index (χ4n) is 1.59. The molecule has 0 heterocycles. The van der Waals surface area contributed by atoms with Crippen LogP contribution < -0.4 is 10.6 Å². The van der Waals surface area contributed by atoms with Gasteiger partial charge in [0.2, 0.25) is 0 Å². The van der Waals surface area contributed by atoms with Crippen LogP contribution in [-0.4, -0.2) is 34.2 Å². The van der Waals surface area contributed by atoms with E-state index in [4.69, 9.17) is 10.2 Å². The van der Waals surface area contributed by atoms with E-state index < -0.39 is 30.4 Å². The van der Waals surface area contributed by atoms with Crippen LogP contribution in [0.3, 0.4) is 0 Å². The Kier molecular flexibility index (Phi) is 5.52. The van der Waals surface area contributed by atoms with Crippen LogP contribution in [-0.2, 0) is 16.1 Å².